The van der Waals surface area contributed by atoms with Gasteiger partial charge in [0, 0.05) is 11.5 Å². The minimum atomic E-state index is 0.0513. The number of nitrogens with one attached hydrogen (secondary N) is 1. The standard InChI is InChI=1S/C17H17N3O/c21-17(14-9-5-2-6-10-14)20-15-11-18-16(19-12-15)13-7-3-1-4-8-13/h1-5,7-8,11-12,14H,6,9-10H2,(H,20,21). The van der Waals surface area contributed by atoms with Gasteiger partial charge in [0.05, 0.1) is 18.1 Å². The fourth-order valence-electron chi connectivity index (χ4n) is 2.40. The van der Waals surface area contributed by atoms with Crippen LogP contribution in [0.15, 0.2) is 54.9 Å². The van der Waals surface area contributed by atoms with E-state index in [1.54, 1.807) is 12.4 Å². The Labute approximate surface area is 123 Å². The average molecular weight is 279 g/mol. The molecule has 0 spiro atoms. The molecule has 1 atom stereocenters. The highest BCUT2D eigenvalue weighted by molar-refractivity contribution is 5.92. The highest BCUT2D eigenvalue weighted by Crippen LogP contribution is 2.20. The van der Waals surface area contributed by atoms with Gasteiger partial charge in [-0.1, -0.05) is 42.5 Å². The summed E-state index contributed by atoms with van der Waals surface area (Å²) in [6, 6.07) is 9.77. The molecule has 1 aromatic heterocycles. The Balaban J connectivity index is 1.67. The third kappa shape index (κ3) is 3.34. The van der Waals surface area contributed by atoms with Crippen molar-refractivity contribution in [3.8, 4) is 11.4 Å². The van der Waals surface area contributed by atoms with Crippen LogP contribution in [0.25, 0.3) is 11.4 Å². The third-order valence-electron chi connectivity index (χ3n) is 3.59. The van der Waals surface area contributed by atoms with E-state index in [1.165, 1.54) is 0 Å². The predicted octanol–water partition coefficient (Wildman–Crippen LogP) is 3.44. The average Bonchev–Trinajstić information content (AvgIpc) is 2.57. The van der Waals surface area contributed by atoms with Gasteiger partial charge in [-0.25, -0.2) is 9.97 Å². The van der Waals surface area contributed by atoms with Crippen molar-refractivity contribution in [1.82, 2.24) is 9.97 Å². The molecule has 1 aromatic carbocycles. The van der Waals surface area contributed by atoms with Crippen molar-refractivity contribution in [1.29, 1.82) is 0 Å². The van der Waals surface area contributed by atoms with Crippen molar-refractivity contribution in [2.24, 2.45) is 5.92 Å². The number of carbonyl (C=O) groups excluding carboxylic acids is 1. The number of benzene rings is 1. The third-order valence-corrected chi connectivity index (χ3v) is 3.59. The molecular formula is C17H17N3O. The maximum Gasteiger partial charge on any atom is 0.227 e. The molecule has 106 valence electrons. The summed E-state index contributed by atoms with van der Waals surface area (Å²) < 4.78 is 0. The van der Waals surface area contributed by atoms with Gasteiger partial charge in [-0.15, -0.1) is 0 Å². The summed E-state index contributed by atoms with van der Waals surface area (Å²) in [4.78, 5) is 20.7. The molecule has 0 saturated carbocycles. The minimum Gasteiger partial charge on any atom is -0.323 e. The van der Waals surface area contributed by atoms with Crippen molar-refractivity contribution < 1.29 is 4.79 Å². The van der Waals surface area contributed by atoms with E-state index in [-0.39, 0.29) is 11.8 Å². The minimum absolute atomic E-state index is 0.0513. The highest BCUT2D eigenvalue weighted by Gasteiger charge is 2.18. The van der Waals surface area contributed by atoms with E-state index in [1.807, 2.05) is 30.3 Å². The van der Waals surface area contributed by atoms with E-state index in [9.17, 15) is 4.79 Å². The monoisotopic (exact) mass is 279 g/mol. The number of carbonyl (C=O) groups is 1. The normalized spacial score (nSPS) is 17.4. The van der Waals surface area contributed by atoms with Crippen LogP contribution in [-0.4, -0.2) is 15.9 Å². The van der Waals surface area contributed by atoms with Crippen molar-refractivity contribution in [2.45, 2.75) is 19.3 Å². The Kier molecular flexibility index (Phi) is 4.05. The lowest BCUT2D eigenvalue weighted by Gasteiger charge is -2.16. The van der Waals surface area contributed by atoms with E-state index in [2.05, 4.69) is 27.4 Å². The molecule has 4 nitrogen and oxygen atoms in total. The van der Waals surface area contributed by atoms with Crippen LogP contribution in [0.1, 0.15) is 19.3 Å². The lowest BCUT2D eigenvalue weighted by Crippen LogP contribution is -2.23. The molecule has 1 aliphatic carbocycles. The molecule has 1 heterocycles. The van der Waals surface area contributed by atoms with Crippen LogP contribution in [-0.2, 0) is 4.79 Å². The van der Waals surface area contributed by atoms with Gasteiger partial charge >= 0.3 is 0 Å². The maximum absolute atomic E-state index is 12.1. The summed E-state index contributed by atoms with van der Waals surface area (Å²) in [5.41, 5.74) is 1.61. The SMILES string of the molecule is O=C(Nc1cnc(-c2ccccc2)nc1)C1CC=CCC1. The Morgan fingerprint density at radius 1 is 1.10 bits per heavy atom. The van der Waals surface area contributed by atoms with Crippen molar-refractivity contribution in [3.05, 3.63) is 54.9 Å². The molecule has 1 amide bonds. The molecule has 1 aliphatic rings. The molecule has 1 unspecified atom stereocenters. The van der Waals surface area contributed by atoms with Crippen molar-refractivity contribution >= 4 is 11.6 Å². The Hall–Kier alpha value is -2.49. The molecule has 0 fully saturated rings. The maximum atomic E-state index is 12.1. The molecule has 0 aliphatic heterocycles. The number of aromatic nitrogens is 2. The van der Waals surface area contributed by atoms with Crippen LogP contribution in [0.5, 0.6) is 0 Å². The van der Waals surface area contributed by atoms with Gasteiger partial charge in [-0.2, -0.15) is 0 Å². The number of allylic oxidation sites excluding steroid dienone is 2. The summed E-state index contributed by atoms with van der Waals surface area (Å²) in [5, 5.41) is 2.89. The zero-order valence-corrected chi connectivity index (χ0v) is 11.7. The smallest absolute Gasteiger partial charge is 0.227 e. The second-order valence-corrected chi connectivity index (χ2v) is 5.13. The first-order valence-electron chi connectivity index (χ1n) is 7.16. The molecule has 21 heavy (non-hydrogen) atoms. The summed E-state index contributed by atoms with van der Waals surface area (Å²) >= 11 is 0. The van der Waals surface area contributed by atoms with E-state index >= 15 is 0 Å². The molecule has 2 aromatic rings. The molecular weight excluding hydrogens is 262 g/mol. The van der Waals surface area contributed by atoms with E-state index in [0.717, 1.165) is 24.8 Å². The largest absolute Gasteiger partial charge is 0.323 e. The van der Waals surface area contributed by atoms with Gasteiger partial charge in [0.25, 0.3) is 0 Å². The molecule has 0 bridgehead atoms. The van der Waals surface area contributed by atoms with Gasteiger partial charge in [0.15, 0.2) is 5.82 Å². The summed E-state index contributed by atoms with van der Waals surface area (Å²) in [6.07, 6.45) is 10.2. The fourth-order valence-corrected chi connectivity index (χ4v) is 2.40. The van der Waals surface area contributed by atoms with Crippen LogP contribution in [0.3, 0.4) is 0 Å². The topological polar surface area (TPSA) is 54.9 Å². The van der Waals surface area contributed by atoms with Crippen LogP contribution in [0, 0.1) is 5.92 Å². The second kappa shape index (κ2) is 6.31. The highest BCUT2D eigenvalue weighted by atomic mass is 16.1. The first-order valence-corrected chi connectivity index (χ1v) is 7.16. The summed E-state index contributed by atoms with van der Waals surface area (Å²) in [6.45, 7) is 0. The van der Waals surface area contributed by atoms with Crippen LogP contribution in [0.2, 0.25) is 0 Å². The second-order valence-electron chi connectivity index (χ2n) is 5.13. The van der Waals surface area contributed by atoms with Gasteiger partial charge in [-0.3, -0.25) is 4.79 Å². The van der Waals surface area contributed by atoms with Crippen molar-refractivity contribution in [3.63, 3.8) is 0 Å². The summed E-state index contributed by atoms with van der Waals surface area (Å²) in [7, 11) is 0. The van der Waals surface area contributed by atoms with Gasteiger partial charge in [0.1, 0.15) is 0 Å². The zero-order chi connectivity index (χ0) is 14.5. The molecule has 1 N–H and O–H groups in total. The Morgan fingerprint density at radius 2 is 1.86 bits per heavy atom. The van der Waals surface area contributed by atoms with E-state index in [0.29, 0.717) is 11.5 Å². The number of hydrogen-bond donors (Lipinski definition) is 1. The first kappa shape index (κ1) is 13.5. The van der Waals surface area contributed by atoms with Gasteiger partial charge < -0.3 is 5.32 Å². The zero-order valence-electron chi connectivity index (χ0n) is 11.7. The number of amides is 1. The van der Waals surface area contributed by atoms with Crippen molar-refractivity contribution in [2.75, 3.05) is 5.32 Å². The first-order chi connectivity index (χ1) is 10.3. The molecule has 0 radical (unpaired) electrons. The van der Waals surface area contributed by atoms with E-state index in [4.69, 9.17) is 0 Å². The van der Waals surface area contributed by atoms with Crippen LogP contribution < -0.4 is 5.32 Å². The molecule has 4 heteroatoms. The summed E-state index contributed by atoms with van der Waals surface area (Å²) in [5.74, 6) is 0.772. The fraction of sp³-hybridized carbons (Fsp3) is 0.235. The number of nitrogens with zero attached hydrogens (tertiary/aromatic N) is 2. The lowest BCUT2D eigenvalue weighted by molar-refractivity contribution is -0.120. The Morgan fingerprint density at radius 3 is 2.52 bits per heavy atom. The van der Waals surface area contributed by atoms with Crippen LogP contribution >= 0.6 is 0 Å². The number of rotatable bonds is 3. The van der Waals surface area contributed by atoms with Crippen LogP contribution in [0.4, 0.5) is 5.69 Å². The van der Waals surface area contributed by atoms with Gasteiger partial charge in [0.2, 0.25) is 5.91 Å². The van der Waals surface area contributed by atoms with Gasteiger partial charge in [-0.05, 0) is 19.3 Å². The lowest BCUT2D eigenvalue weighted by atomic mass is 9.94. The molecule has 3 rings (SSSR count). The molecule has 0 saturated heterocycles. The number of hydrogen-bond acceptors (Lipinski definition) is 3. The van der Waals surface area contributed by atoms with E-state index < -0.39 is 0 Å². The number of anilines is 1. The quantitative estimate of drug-likeness (QED) is 0.876. The Bertz CT molecular complexity index is 635. The predicted molar refractivity (Wildman–Crippen MR) is 82.6 cm³/mol.